The zero-order chi connectivity index (χ0) is 18.5. The lowest BCUT2D eigenvalue weighted by Crippen LogP contribution is -2.14. The number of phenolic OH excluding ortho intramolecular Hbond substituents is 1. The summed E-state index contributed by atoms with van der Waals surface area (Å²) in [5.74, 6) is 0.0643. The van der Waals surface area contributed by atoms with Crippen molar-refractivity contribution in [3.05, 3.63) is 71.0 Å². The van der Waals surface area contributed by atoms with E-state index in [0.717, 1.165) is 4.47 Å². The van der Waals surface area contributed by atoms with Gasteiger partial charge in [-0.3, -0.25) is 4.79 Å². The predicted molar refractivity (Wildman–Crippen MR) is 103 cm³/mol. The number of anilines is 2. The number of pyridine rings is 1. The summed E-state index contributed by atoms with van der Waals surface area (Å²) in [7, 11) is 0. The molecule has 6 nitrogen and oxygen atoms in total. The number of carbonyl (C=O) groups excluding carboxylic acids is 1. The molecule has 0 atom stereocenters. The van der Waals surface area contributed by atoms with Gasteiger partial charge in [0.25, 0.3) is 5.91 Å². The molecular formula is C19H13BrN4O2. The summed E-state index contributed by atoms with van der Waals surface area (Å²) in [6.45, 7) is 0. The average Bonchev–Trinajstić information content (AvgIpc) is 2.64. The fraction of sp³-hybridized carbons (Fsp3) is 0. The van der Waals surface area contributed by atoms with Gasteiger partial charge in [0.1, 0.15) is 23.2 Å². The van der Waals surface area contributed by atoms with Gasteiger partial charge in [0, 0.05) is 33.3 Å². The van der Waals surface area contributed by atoms with Crippen LogP contribution in [-0.4, -0.2) is 16.0 Å². The third-order valence-electron chi connectivity index (χ3n) is 3.60. The van der Waals surface area contributed by atoms with Crippen molar-refractivity contribution >= 4 is 44.1 Å². The molecule has 7 heteroatoms. The lowest BCUT2D eigenvalue weighted by atomic mass is 10.1. The molecule has 0 saturated carbocycles. The number of amides is 1. The number of halogens is 1. The maximum absolute atomic E-state index is 12.4. The van der Waals surface area contributed by atoms with E-state index in [0.29, 0.717) is 22.3 Å². The van der Waals surface area contributed by atoms with Crippen molar-refractivity contribution in [2.24, 2.45) is 0 Å². The maximum Gasteiger partial charge on any atom is 0.267 e. The molecule has 0 radical (unpaired) electrons. The van der Waals surface area contributed by atoms with Crippen LogP contribution < -0.4 is 10.6 Å². The Hall–Kier alpha value is -3.37. The van der Waals surface area contributed by atoms with Gasteiger partial charge in [-0.15, -0.1) is 0 Å². The molecule has 1 aromatic heterocycles. The van der Waals surface area contributed by atoms with Gasteiger partial charge in [-0.05, 0) is 40.2 Å². The number of nitrogens with one attached hydrogen (secondary N) is 2. The first-order valence-corrected chi connectivity index (χ1v) is 8.38. The number of hydrogen-bond donors (Lipinski definition) is 3. The first-order valence-electron chi connectivity index (χ1n) is 7.59. The van der Waals surface area contributed by atoms with E-state index in [-0.39, 0.29) is 11.3 Å². The van der Waals surface area contributed by atoms with Crippen LogP contribution in [0, 0.1) is 11.3 Å². The molecule has 0 fully saturated rings. The van der Waals surface area contributed by atoms with Crippen molar-refractivity contribution in [3.63, 3.8) is 0 Å². The molecule has 2 aromatic carbocycles. The van der Waals surface area contributed by atoms with E-state index in [4.69, 9.17) is 0 Å². The van der Waals surface area contributed by atoms with E-state index in [1.54, 1.807) is 54.7 Å². The number of phenols is 1. The Morgan fingerprint density at radius 2 is 1.92 bits per heavy atom. The molecule has 0 aliphatic heterocycles. The fourth-order valence-electron chi connectivity index (χ4n) is 2.35. The van der Waals surface area contributed by atoms with Gasteiger partial charge in [-0.25, -0.2) is 4.98 Å². The highest BCUT2D eigenvalue weighted by Crippen LogP contribution is 2.29. The van der Waals surface area contributed by atoms with Crippen LogP contribution in [0.2, 0.25) is 0 Å². The number of benzene rings is 2. The van der Waals surface area contributed by atoms with Gasteiger partial charge >= 0.3 is 0 Å². The Labute approximate surface area is 157 Å². The standard InChI is InChI=1S/C19H13BrN4O2/c20-13-7-8-18(23-11-13)22-10-12(9-21)19(26)24-16-5-1-4-15-14(16)3-2-6-17(15)25/h1-8,10-11,25H,(H,22,23)(H,24,26)/b12-10-. The average molecular weight is 409 g/mol. The van der Waals surface area contributed by atoms with Gasteiger partial charge in [0.05, 0.1) is 0 Å². The highest BCUT2D eigenvalue weighted by Gasteiger charge is 2.12. The van der Waals surface area contributed by atoms with Crippen molar-refractivity contribution in [2.45, 2.75) is 0 Å². The van der Waals surface area contributed by atoms with Crippen LogP contribution in [-0.2, 0) is 4.79 Å². The van der Waals surface area contributed by atoms with Crippen LogP contribution in [0.1, 0.15) is 0 Å². The summed E-state index contributed by atoms with van der Waals surface area (Å²) in [6, 6.07) is 15.6. The van der Waals surface area contributed by atoms with Gasteiger partial charge in [0.15, 0.2) is 0 Å². The van der Waals surface area contributed by atoms with Gasteiger partial charge < -0.3 is 15.7 Å². The van der Waals surface area contributed by atoms with E-state index in [9.17, 15) is 15.2 Å². The first-order chi connectivity index (χ1) is 12.6. The van der Waals surface area contributed by atoms with Gasteiger partial charge in [-0.1, -0.05) is 24.3 Å². The van der Waals surface area contributed by atoms with Gasteiger partial charge in [-0.2, -0.15) is 5.26 Å². The third-order valence-corrected chi connectivity index (χ3v) is 4.07. The predicted octanol–water partition coefficient (Wildman–Crippen LogP) is 4.16. The number of fused-ring (bicyclic) bond motifs is 1. The SMILES string of the molecule is N#C/C(=C/Nc1ccc(Br)cn1)C(=O)Nc1cccc2c(O)cccc12. The molecular weight excluding hydrogens is 396 g/mol. The summed E-state index contributed by atoms with van der Waals surface area (Å²) in [6.07, 6.45) is 2.90. The van der Waals surface area contributed by atoms with E-state index >= 15 is 0 Å². The van der Waals surface area contributed by atoms with Crippen LogP contribution in [0.25, 0.3) is 10.8 Å². The minimum absolute atomic E-state index is 0.105. The molecule has 1 heterocycles. The number of hydrogen-bond acceptors (Lipinski definition) is 5. The molecule has 128 valence electrons. The molecule has 0 saturated heterocycles. The van der Waals surface area contributed by atoms with E-state index < -0.39 is 5.91 Å². The second kappa shape index (κ2) is 7.68. The molecule has 0 bridgehead atoms. The van der Waals surface area contributed by atoms with E-state index in [1.165, 1.54) is 6.20 Å². The largest absolute Gasteiger partial charge is 0.507 e. The van der Waals surface area contributed by atoms with Crippen LogP contribution >= 0.6 is 15.9 Å². The molecule has 3 aromatic rings. The Morgan fingerprint density at radius 1 is 1.15 bits per heavy atom. The van der Waals surface area contributed by atoms with Crippen LogP contribution in [0.15, 0.2) is 71.0 Å². The van der Waals surface area contributed by atoms with Gasteiger partial charge in [0.2, 0.25) is 0 Å². The fourth-order valence-corrected chi connectivity index (χ4v) is 2.58. The zero-order valence-corrected chi connectivity index (χ0v) is 15.0. The molecule has 0 aliphatic carbocycles. The van der Waals surface area contributed by atoms with Crippen molar-refractivity contribution in [1.29, 1.82) is 5.26 Å². The van der Waals surface area contributed by atoms with Crippen molar-refractivity contribution in [2.75, 3.05) is 10.6 Å². The van der Waals surface area contributed by atoms with E-state index in [1.807, 2.05) is 6.07 Å². The Balaban J connectivity index is 1.82. The highest BCUT2D eigenvalue weighted by molar-refractivity contribution is 9.10. The monoisotopic (exact) mass is 408 g/mol. The number of nitrogens with zero attached hydrogens (tertiary/aromatic N) is 2. The summed E-state index contributed by atoms with van der Waals surface area (Å²) in [4.78, 5) is 16.5. The quantitative estimate of drug-likeness (QED) is 0.444. The first kappa shape index (κ1) is 17.5. The highest BCUT2D eigenvalue weighted by atomic mass is 79.9. The summed E-state index contributed by atoms with van der Waals surface area (Å²) in [5, 5.41) is 26.0. The zero-order valence-electron chi connectivity index (χ0n) is 13.4. The topological polar surface area (TPSA) is 98.0 Å². The second-order valence-corrected chi connectivity index (χ2v) is 6.22. The summed E-state index contributed by atoms with van der Waals surface area (Å²) in [5.41, 5.74) is 0.401. The molecule has 3 rings (SSSR count). The lowest BCUT2D eigenvalue weighted by molar-refractivity contribution is -0.112. The smallest absolute Gasteiger partial charge is 0.267 e. The van der Waals surface area contributed by atoms with Crippen molar-refractivity contribution in [3.8, 4) is 11.8 Å². The number of nitriles is 1. The van der Waals surface area contributed by atoms with Crippen LogP contribution in [0.5, 0.6) is 5.75 Å². The molecule has 1 amide bonds. The van der Waals surface area contributed by atoms with Crippen LogP contribution in [0.3, 0.4) is 0 Å². The van der Waals surface area contributed by atoms with Crippen LogP contribution in [0.4, 0.5) is 11.5 Å². The minimum Gasteiger partial charge on any atom is -0.507 e. The number of aromatic nitrogens is 1. The number of carbonyl (C=O) groups is 1. The summed E-state index contributed by atoms with van der Waals surface area (Å²) >= 11 is 3.28. The molecule has 0 aliphatic rings. The number of aromatic hydroxyl groups is 1. The molecule has 0 unspecified atom stereocenters. The van der Waals surface area contributed by atoms with Crippen molar-refractivity contribution in [1.82, 2.24) is 4.98 Å². The Morgan fingerprint density at radius 3 is 2.65 bits per heavy atom. The Bertz CT molecular complexity index is 1040. The normalized spacial score (nSPS) is 11.0. The number of rotatable bonds is 4. The van der Waals surface area contributed by atoms with E-state index in [2.05, 4.69) is 31.5 Å². The Kier molecular flexibility index (Phi) is 5.15. The minimum atomic E-state index is -0.562. The van der Waals surface area contributed by atoms with Crippen molar-refractivity contribution < 1.29 is 9.90 Å². The molecule has 26 heavy (non-hydrogen) atoms. The lowest BCUT2D eigenvalue weighted by Gasteiger charge is -2.09. The molecule has 3 N–H and O–H groups in total. The maximum atomic E-state index is 12.4. The second-order valence-electron chi connectivity index (χ2n) is 5.31. The molecule has 0 spiro atoms. The summed E-state index contributed by atoms with van der Waals surface area (Å²) < 4.78 is 0.824. The third kappa shape index (κ3) is 3.82.